The lowest BCUT2D eigenvalue weighted by molar-refractivity contribution is -0.133. The minimum Gasteiger partial charge on any atom is -0.392 e. The fourth-order valence-corrected chi connectivity index (χ4v) is 3.25. The third-order valence-electron chi connectivity index (χ3n) is 4.55. The van der Waals surface area contributed by atoms with Crippen LogP contribution in [-0.4, -0.2) is 69.4 Å². The number of β-amino-alcohol motifs (C(OH)–C–C–N with tert-alkyl or cyclic N) is 1. The van der Waals surface area contributed by atoms with Crippen LogP contribution in [0.25, 0.3) is 10.9 Å². The van der Waals surface area contributed by atoms with Crippen molar-refractivity contribution < 1.29 is 9.90 Å². The molecule has 0 radical (unpaired) electrons. The lowest BCUT2D eigenvalue weighted by atomic mass is 10.2. The average Bonchev–Trinajstić information content (AvgIpc) is 2.61. The molecule has 1 saturated heterocycles. The van der Waals surface area contributed by atoms with E-state index in [0.29, 0.717) is 38.0 Å². The van der Waals surface area contributed by atoms with Crippen molar-refractivity contribution in [1.82, 2.24) is 19.6 Å². The van der Waals surface area contributed by atoms with Gasteiger partial charge >= 0.3 is 0 Å². The zero-order chi connectivity index (χ0) is 17.8. The fraction of sp³-hybridized carbons (Fsp3) is 0.500. The monoisotopic (exact) mass is 344 g/mol. The van der Waals surface area contributed by atoms with Gasteiger partial charge in [0, 0.05) is 44.5 Å². The number of benzene rings is 1. The van der Waals surface area contributed by atoms with Crippen LogP contribution >= 0.6 is 0 Å². The van der Waals surface area contributed by atoms with Gasteiger partial charge in [-0.2, -0.15) is 5.10 Å². The van der Waals surface area contributed by atoms with E-state index in [0.717, 1.165) is 18.6 Å². The third-order valence-corrected chi connectivity index (χ3v) is 4.55. The van der Waals surface area contributed by atoms with Crippen molar-refractivity contribution in [1.29, 1.82) is 0 Å². The van der Waals surface area contributed by atoms with Crippen LogP contribution in [0.1, 0.15) is 13.3 Å². The van der Waals surface area contributed by atoms with Gasteiger partial charge in [0.15, 0.2) is 0 Å². The molecule has 7 nitrogen and oxygen atoms in total. The van der Waals surface area contributed by atoms with E-state index in [1.165, 1.54) is 6.20 Å². The van der Waals surface area contributed by atoms with Crippen molar-refractivity contribution in [2.75, 3.05) is 32.7 Å². The smallest absolute Gasteiger partial charge is 0.224 e. The van der Waals surface area contributed by atoms with E-state index in [1.807, 2.05) is 23.1 Å². The van der Waals surface area contributed by atoms with Gasteiger partial charge in [-0.3, -0.25) is 19.2 Å². The quantitative estimate of drug-likeness (QED) is 0.845. The predicted molar refractivity (Wildman–Crippen MR) is 95.3 cm³/mol. The maximum absolute atomic E-state index is 12.5. The van der Waals surface area contributed by atoms with Gasteiger partial charge in [-0.25, -0.2) is 0 Å². The second-order valence-corrected chi connectivity index (χ2v) is 6.53. The highest BCUT2D eigenvalue weighted by Gasteiger charge is 2.21. The Labute approximate surface area is 146 Å². The first kappa shape index (κ1) is 17.6. The van der Waals surface area contributed by atoms with Crippen LogP contribution in [0.3, 0.4) is 0 Å². The molecule has 0 saturated carbocycles. The van der Waals surface area contributed by atoms with Gasteiger partial charge < -0.3 is 10.0 Å². The molecule has 0 aliphatic carbocycles. The summed E-state index contributed by atoms with van der Waals surface area (Å²) in [5, 5.41) is 14.2. The number of aliphatic hydroxyl groups excluding tert-OH is 1. The Balaban J connectivity index is 1.59. The summed E-state index contributed by atoms with van der Waals surface area (Å²) in [6.07, 6.45) is 1.32. The van der Waals surface area contributed by atoms with E-state index in [2.05, 4.69) is 10.00 Å². The summed E-state index contributed by atoms with van der Waals surface area (Å²) in [7, 11) is 0. The molecule has 1 fully saturated rings. The second kappa shape index (κ2) is 7.76. The molecular formula is C18H24N4O3. The molecule has 7 heteroatoms. The van der Waals surface area contributed by atoms with Crippen LogP contribution < -0.4 is 5.43 Å². The molecule has 2 heterocycles. The largest absolute Gasteiger partial charge is 0.392 e. The van der Waals surface area contributed by atoms with E-state index in [9.17, 15) is 14.7 Å². The SMILES string of the molecule is C[C@@H](O)CN1CCN(C(=O)CCn2ncc(=O)c3ccccc32)CC1. The van der Waals surface area contributed by atoms with E-state index in [1.54, 1.807) is 17.7 Å². The number of piperazine rings is 1. The summed E-state index contributed by atoms with van der Waals surface area (Å²) in [4.78, 5) is 28.3. The first-order valence-electron chi connectivity index (χ1n) is 8.67. The second-order valence-electron chi connectivity index (χ2n) is 6.53. The van der Waals surface area contributed by atoms with Gasteiger partial charge in [0.25, 0.3) is 0 Å². The van der Waals surface area contributed by atoms with E-state index in [4.69, 9.17) is 0 Å². The molecule has 1 atom stereocenters. The predicted octanol–water partition coefficient (Wildman–Crippen LogP) is 0.312. The van der Waals surface area contributed by atoms with E-state index in [-0.39, 0.29) is 17.4 Å². The summed E-state index contributed by atoms with van der Waals surface area (Å²) >= 11 is 0. The van der Waals surface area contributed by atoms with Crippen LogP contribution in [0, 0.1) is 0 Å². The van der Waals surface area contributed by atoms with Gasteiger partial charge in [0.05, 0.1) is 24.4 Å². The number of aliphatic hydroxyl groups is 1. The number of fused-ring (bicyclic) bond motifs is 1. The topological polar surface area (TPSA) is 78.7 Å². The first-order chi connectivity index (χ1) is 12.0. The van der Waals surface area contributed by atoms with Gasteiger partial charge in [0.2, 0.25) is 11.3 Å². The van der Waals surface area contributed by atoms with Crippen molar-refractivity contribution in [2.24, 2.45) is 0 Å². The minimum absolute atomic E-state index is 0.0984. The molecule has 0 bridgehead atoms. The minimum atomic E-state index is -0.345. The summed E-state index contributed by atoms with van der Waals surface area (Å²) < 4.78 is 1.72. The number of carbonyl (C=O) groups is 1. The van der Waals surface area contributed by atoms with Crippen molar-refractivity contribution in [3.05, 3.63) is 40.7 Å². The normalized spacial score (nSPS) is 17.0. The zero-order valence-electron chi connectivity index (χ0n) is 14.5. The Kier molecular flexibility index (Phi) is 5.45. The lowest BCUT2D eigenvalue weighted by Crippen LogP contribution is -2.50. The van der Waals surface area contributed by atoms with Gasteiger partial charge in [-0.15, -0.1) is 0 Å². The molecule has 1 amide bonds. The Morgan fingerprint density at radius 1 is 1.24 bits per heavy atom. The number of hydrogen-bond donors (Lipinski definition) is 1. The highest BCUT2D eigenvalue weighted by molar-refractivity contribution is 5.79. The highest BCUT2D eigenvalue weighted by Crippen LogP contribution is 2.10. The molecule has 134 valence electrons. The summed E-state index contributed by atoms with van der Waals surface area (Å²) in [6, 6.07) is 7.32. The average molecular weight is 344 g/mol. The van der Waals surface area contributed by atoms with E-state index < -0.39 is 0 Å². The maximum atomic E-state index is 12.5. The van der Waals surface area contributed by atoms with Gasteiger partial charge in [-0.1, -0.05) is 12.1 Å². The first-order valence-corrected chi connectivity index (χ1v) is 8.67. The Morgan fingerprint density at radius 3 is 2.68 bits per heavy atom. The van der Waals surface area contributed by atoms with Crippen LogP contribution in [0.2, 0.25) is 0 Å². The standard InChI is InChI=1S/C18H24N4O3/c1-14(23)13-20-8-10-21(11-9-20)18(25)6-7-22-16-5-3-2-4-15(16)17(24)12-19-22/h2-5,12,14,23H,6-11,13H2,1H3/t14-/m1/s1. The van der Waals surface area contributed by atoms with Gasteiger partial charge in [-0.05, 0) is 19.1 Å². The molecule has 1 N–H and O–H groups in total. The summed E-state index contributed by atoms with van der Waals surface area (Å²) in [5.74, 6) is 0.0984. The van der Waals surface area contributed by atoms with E-state index >= 15 is 0 Å². The Hall–Kier alpha value is -2.25. The number of nitrogens with zero attached hydrogens (tertiary/aromatic N) is 4. The number of amides is 1. The van der Waals surface area contributed by atoms with Crippen molar-refractivity contribution in [2.45, 2.75) is 26.0 Å². The molecule has 2 aromatic rings. The number of aryl methyl sites for hydroxylation is 1. The Bertz CT molecular complexity index is 794. The number of rotatable bonds is 5. The molecular weight excluding hydrogens is 320 g/mol. The zero-order valence-corrected chi connectivity index (χ0v) is 14.5. The molecule has 0 unspecified atom stereocenters. The summed E-state index contributed by atoms with van der Waals surface area (Å²) in [6.45, 7) is 5.82. The van der Waals surface area contributed by atoms with Crippen molar-refractivity contribution >= 4 is 16.8 Å². The molecule has 1 aliphatic heterocycles. The number of carbonyl (C=O) groups excluding carboxylic acids is 1. The van der Waals surface area contributed by atoms with Crippen LogP contribution in [0.4, 0.5) is 0 Å². The molecule has 1 aromatic carbocycles. The number of para-hydroxylation sites is 1. The maximum Gasteiger partial charge on any atom is 0.224 e. The van der Waals surface area contributed by atoms with Crippen molar-refractivity contribution in [3.63, 3.8) is 0 Å². The molecule has 3 rings (SSSR count). The molecule has 1 aliphatic rings. The van der Waals surface area contributed by atoms with Gasteiger partial charge in [0.1, 0.15) is 0 Å². The fourth-order valence-electron chi connectivity index (χ4n) is 3.25. The highest BCUT2D eigenvalue weighted by atomic mass is 16.3. The molecule has 25 heavy (non-hydrogen) atoms. The van der Waals surface area contributed by atoms with Crippen LogP contribution in [-0.2, 0) is 11.3 Å². The van der Waals surface area contributed by atoms with Crippen LogP contribution in [0.15, 0.2) is 35.3 Å². The third kappa shape index (κ3) is 4.24. The molecule has 0 spiro atoms. The Morgan fingerprint density at radius 2 is 1.96 bits per heavy atom. The lowest BCUT2D eigenvalue weighted by Gasteiger charge is -2.35. The summed E-state index contributed by atoms with van der Waals surface area (Å²) in [5.41, 5.74) is 0.650. The van der Waals surface area contributed by atoms with Crippen LogP contribution in [0.5, 0.6) is 0 Å². The van der Waals surface area contributed by atoms with Crippen molar-refractivity contribution in [3.8, 4) is 0 Å². The number of aromatic nitrogens is 2. The molecule has 1 aromatic heterocycles. The number of hydrogen-bond acceptors (Lipinski definition) is 5.